The number of aldehydes is 1. The number of hydrogen-bond acceptors (Lipinski definition) is 1. The molecule has 0 aromatic heterocycles. The van der Waals surface area contributed by atoms with Gasteiger partial charge in [0.05, 0.1) is 5.56 Å². The molecule has 0 heterocycles. The van der Waals surface area contributed by atoms with Crippen molar-refractivity contribution in [2.24, 2.45) is 0 Å². The second-order valence-electron chi connectivity index (χ2n) is 3.30. The van der Waals surface area contributed by atoms with Gasteiger partial charge in [-0.1, -0.05) is 18.2 Å². The molecule has 0 amide bonds. The third-order valence-corrected chi connectivity index (χ3v) is 2.10. The average Bonchev–Trinajstić information content (AvgIpc) is 2.24. The van der Waals surface area contributed by atoms with Crippen LogP contribution in [-0.4, -0.2) is 6.29 Å². The molecule has 16 heavy (non-hydrogen) atoms. The first-order valence-electron chi connectivity index (χ1n) is 4.80. The van der Waals surface area contributed by atoms with Gasteiger partial charge in [-0.3, -0.25) is 4.79 Å². The molecule has 0 saturated carbocycles. The van der Waals surface area contributed by atoms with E-state index in [-0.39, 0.29) is 0 Å². The quantitative estimate of drug-likeness (QED) is 0.570. The molecule has 1 nitrogen and oxygen atoms in total. The van der Waals surface area contributed by atoms with Gasteiger partial charge in [-0.2, -0.15) is 13.2 Å². The fourth-order valence-corrected chi connectivity index (χ4v) is 1.26. The van der Waals surface area contributed by atoms with Crippen molar-refractivity contribution >= 4 is 6.29 Å². The maximum absolute atomic E-state index is 12.2. The van der Waals surface area contributed by atoms with E-state index in [1.54, 1.807) is 6.08 Å². The van der Waals surface area contributed by atoms with Crippen LogP contribution >= 0.6 is 0 Å². The molecule has 0 radical (unpaired) electrons. The molecule has 4 heteroatoms. The van der Waals surface area contributed by atoms with Crippen LogP contribution in [0.15, 0.2) is 36.4 Å². The average molecular weight is 228 g/mol. The standard InChI is InChI=1S/C12H11F3O/c13-12(14,15)11-7-5-10(6-8-11)4-2-1-3-9-16/h1,3,5-9H,2,4H2/b3-1-. The summed E-state index contributed by atoms with van der Waals surface area (Å²) in [6.45, 7) is 0. The molecule has 0 aliphatic heterocycles. The van der Waals surface area contributed by atoms with Crippen molar-refractivity contribution in [3.05, 3.63) is 47.5 Å². The Morgan fingerprint density at radius 1 is 1.12 bits per heavy atom. The SMILES string of the molecule is O=C/C=C\CCc1ccc(C(F)(F)F)cc1. The van der Waals surface area contributed by atoms with Gasteiger partial charge in [0.25, 0.3) is 0 Å². The van der Waals surface area contributed by atoms with E-state index < -0.39 is 11.7 Å². The Hall–Kier alpha value is -1.58. The van der Waals surface area contributed by atoms with Gasteiger partial charge in [0.1, 0.15) is 6.29 Å². The summed E-state index contributed by atoms with van der Waals surface area (Å²) in [5, 5.41) is 0. The molecule has 86 valence electrons. The number of carbonyl (C=O) groups is 1. The highest BCUT2D eigenvalue weighted by molar-refractivity contribution is 5.64. The highest BCUT2D eigenvalue weighted by Gasteiger charge is 2.29. The number of aryl methyl sites for hydroxylation is 1. The van der Waals surface area contributed by atoms with E-state index in [1.807, 2.05) is 0 Å². The van der Waals surface area contributed by atoms with Gasteiger partial charge in [-0.25, -0.2) is 0 Å². The predicted molar refractivity (Wildman–Crippen MR) is 55.0 cm³/mol. The van der Waals surface area contributed by atoms with E-state index in [1.165, 1.54) is 18.2 Å². The maximum atomic E-state index is 12.2. The van der Waals surface area contributed by atoms with E-state index in [0.29, 0.717) is 19.1 Å². The number of alkyl halides is 3. The Bertz CT molecular complexity index is 363. The van der Waals surface area contributed by atoms with Gasteiger partial charge in [-0.15, -0.1) is 0 Å². The van der Waals surface area contributed by atoms with E-state index >= 15 is 0 Å². The molecular formula is C12H11F3O. The Kier molecular flexibility index (Phi) is 4.28. The Morgan fingerprint density at radius 2 is 1.75 bits per heavy atom. The Morgan fingerprint density at radius 3 is 2.25 bits per heavy atom. The largest absolute Gasteiger partial charge is 0.416 e. The number of hydrogen-bond donors (Lipinski definition) is 0. The molecule has 1 aromatic carbocycles. The molecule has 0 N–H and O–H groups in total. The number of benzene rings is 1. The van der Waals surface area contributed by atoms with Gasteiger partial charge in [0.15, 0.2) is 0 Å². The fourth-order valence-electron chi connectivity index (χ4n) is 1.26. The first-order valence-corrected chi connectivity index (χ1v) is 4.80. The van der Waals surface area contributed by atoms with Gasteiger partial charge < -0.3 is 0 Å². The maximum Gasteiger partial charge on any atom is 0.416 e. The molecule has 0 saturated heterocycles. The smallest absolute Gasteiger partial charge is 0.299 e. The van der Waals surface area contributed by atoms with Crippen molar-refractivity contribution in [1.29, 1.82) is 0 Å². The minimum Gasteiger partial charge on any atom is -0.299 e. The molecule has 0 unspecified atom stereocenters. The lowest BCUT2D eigenvalue weighted by atomic mass is 10.1. The van der Waals surface area contributed by atoms with Crippen molar-refractivity contribution in [1.82, 2.24) is 0 Å². The highest BCUT2D eigenvalue weighted by atomic mass is 19.4. The van der Waals surface area contributed by atoms with E-state index in [9.17, 15) is 18.0 Å². The van der Waals surface area contributed by atoms with Crippen LogP contribution in [0.4, 0.5) is 13.2 Å². The molecular weight excluding hydrogens is 217 g/mol. The Balaban J connectivity index is 2.58. The van der Waals surface area contributed by atoms with Crippen molar-refractivity contribution in [3.8, 4) is 0 Å². The minimum absolute atomic E-state index is 0.627. The fraction of sp³-hybridized carbons (Fsp3) is 0.250. The van der Waals surface area contributed by atoms with Crippen LogP contribution in [0.2, 0.25) is 0 Å². The van der Waals surface area contributed by atoms with E-state index in [2.05, 4.69) is 0 Å². The normalized spacial score (nSPS) is 11.9. The molecule has 0 fully saturated rings. The lowest BCUT2D eigenvalue weighted by Crippen LogP contribution is -2.04. The molecule has 0 aliphatic rings. The number of carbonyl (C=O) groups excluding carboxylic acids is 1. The molecule has 0 spiro atoms. The highest BCUT2D eigenvalue weighted by Crippen LogP contribution is 2.29. The van der Waals surface area contributed by atoms with Crippen molar-refractivity contribution in [2.45, 2.75) is 19.0 Å². The predicted octanol–water partition coefficient (Wildman–Crippen LogP) is 3.39. The van der Waals surface area contributed by atoms with E-state index in [0.717, 1.165) is 17.7 Å². The summed E-state index contributed by atoms with van der Waals surface area (Å²) in [4.78, 5) is 9.96. The van der Waals surface area contributed by atoms with E-state index in [4.69, 9.17) is 0 Å². The molecule has 0 bridgehead atoms. The second-order valence-corrected chi connectivity index (χ2v) is 3.30. The van der Waals surface area contributed by atoms with Crippen molar-refractivity contribution < 1.29 is 18.0 Å². The van der Waals surface area contributed by atoms with Crippen molar-refractivity contribution in [3.63, 3.8) is 0 Å². The van der Waals surface area contributed by atoms with Crippen LogP contribution in [0.1, 0.15) is 17.5 Å². The number of rotatable bonds is 4. The monoisotopic (exact) mass is 228 g/mol. The van der Waals surface area contributed by atoms with Crippen LogP contribution in [-0.2, 0) is 17.4 Å². The summed E-state index contributed by atoms with van der Waals surface area (Å²) in [7, 11) is 0. The lowest BCUT2D eigenvalue weighted by molar-refractivity contribution is -0.137. The Labute approximate surface area is 91.6 Å². The minimum atomic E-state index is -4.28. The third kappa shape index (κ3) is 3.88. The molecule has 1 aromatic rings. The van der Waals surface area contributed by atoms with Crippen LogP contribution in [0.25, 0.3) is 0 Å². The summed E-state index contributed by atoms with van der Waals surface area (Å²) < 4.78 is 36.7. The number of allylic oxidation sites excluding steroid dienone is 2. The number of halogens is 3. The summed E-state index contributed by atoms with van der Waals surface area (Å²) in [6, 6.07) is 5.05. The van der Waals surface area contributed by atoms with Gasteiger partial charge in [0.2, 0.25) is 0 Å². The van der Waals surface area contributed by atoms with Crippen LogP contribution < -0.4 is 0 Å². The zero-order valence-corrected chi connectivity index (χ0v) is 8.50. The van der Waals surface area contributed by atoms with Crippen LogP contribution in [0.3, 0.4) is 0 Å². The first kappa shape index (κ1) is 12.5. The lowest BCUT2D eigenvalue weighted by Gasteiger charge is -2.06. The summed E-state index contributed by atoms with van der Waals surface area (Å²) in [5.41, 5.74) is 0.184. The zero-order chi connectivity index (χ0) is 12.0. The third-order valence-electron chi connectivity index (χ3n) is 2.10. The second kappa shape index (κ2) is 5.49. The van der Waals surface area contributed by atoms with Gasteiger partial charge in [0, 0.05) is 0 Å². The molecule has 1 rings (SSSR count). The van der Waals surface area contributed by atoms with Crippen molar-refractivity contribution in [2.75, 3.05) is 0 Å². The molecule has 0 aliphatic carbocycles. The van der Waals surface area contributed by atoms with Crippen LogP contribution in [0.5, 0.6) is 0 Å². The topological polar surface area (TPSA) is 17.1 Å². The summed E-state index contributed by atoms with van der Waals surface area (Å²) >= 11 is 0. The van der Waals surface area contributed by atoms with Gasteiger partial charge >= 0.3 is 6.18 Å². The first-order chi connectivity index (χ1) is 7.54. The molecule has 0 atom stereocenters. The zero-order valence-electron chi connectivity index (χ0n) is 8.50. The van der Waals surface area contributed by atoms with Gasteiger partial charge in [-0.05, 0) is 36.6 Å². The van der Waals surface area contributed by atoms with Crippen LogP contribution in [0, 0.1) is 0 Å². The summed E-state index contributed by atoms with van der Waals surface area (Å²) in [5.74, 6) is 0. The summed E-state index contributed by atoms with van der Waals surface area (Å²) in [6.07, 6.45) is 0.726.